The molecule has 0 fully saturated rings. The summed E-state index contributed by atoms with van der Waals surface area (Å²) in [6.07, 6.45) is 1.81. The van der Waals surface area contributed by atoms with E-state index in [4.69, 9.17) is 4.74 Å². The molecule has 0 spiro atoms. The Morgan fingerprint density at radius 1 is 1.32 bits per heavy atom. The highest BCUT2D eigenvalue weighted by Crippen LogP contribution is 2.23. The molecule has 0 bridgehead atoms. The quantitative estimate of drug-likeness (QED) is 0.641. The molecule has 1 heterocycles. The summed E-state index contributed by atoms with van der Waals surface area (Å²) < 4.78 is 8.60. The predicted molar refractivity (Wildman–Crippen MR) is 102 cm³/mol. The molecule has 0 aliphatic rings. The second kappa shape index (κ2) is 7.49. The minimum Gasteiger partial charge on any atom is -0.494 e. The van der Waals surface area contributed by atoms with Crippen LogP contribution in [0.5, 0.6) is 5.75 Å². The molecule has 1 aromatic heterocycles. The van der Waals surface area contributed by atoms with Gasteiger partial charge in [0, 0.05) is 12.1 Å². The predicted octanol–water partition coefficient (Wildman–Crippen LogP) is 4.34. The Morgan fingerprint density at radius 2 is 2.12 bits per heavy atom. The lowest BCUT2D eigenvalue weighted by atomic mass is 10.1. The topological polar surface area (TPSA) is 43.6 Å². The maximum Gasteiger partial charge on any atom is 0.279 e. The number of amides is 1. The summed E-state index contributed by atoms with van der Waals surface area (Å²) in [5, 5.41) is 0. The average molecular weight is 352 g/mol. The van der Waals surface area contributed by atoms with E-state index in [-0.39, 0.29) is 5.91 Å². The molecule has 0 radical (unpaired) electrons. The number of benzene rings is 2. The van der Waals surface area contributed by atoms with Crippen molar-refractivity contribution >= 4 is 27.5 Å². The molecule has 1 amide bonds. The Kier molecular flexibility index (Phi) is 5.14. The number of aryl methyl sites for hydroxylation is 1. The molecule has 3 aromatic rings. The molecule has 0 saturated heterocycles. The third kappa shape index (κ3) is 3.56. The molecule has 5 heteroatoms. The maximum absolute atomic E-state index is 12.6. The van der Waals surface area contributed by atoms with E-state index in [0.717, 1.165) is 21.5 Å². The fourth-order valence-electron chi connectivity index (χ4n) is 2.66. The molecule has 128 valence electrons. The van der Waals surface area contributed by atoms with E-state index >= 15 is 0 Å². The number of rotatable bonds is 5. The van der Waals surface area contributed by atoms with Gasteiger partial charge in [-0.1, -0.05) is 35.6 Å². The summed E-state index contributed by atoms with van der Waals surface area (Å²) in [6.45, 7) is 8.90. The van der Waals surface area contributed by atoms with Crippen molar-refractivity contribution in [3.63, 3.8) is 0 Å². The number of fused-ring (bicyclic) bond motifs is 1. The van der Waals surface area contributed by atoms with Gasteiger partial charge in [0.2, 0.25) is 0 Å². The zero-order valence-electron chi connectivity index (χ0n) is 14.4. The van der Waals surface area contributed by atoms with Gasteiger partial charge in [0.15, 0.2) is 4.80 Å². The smallest absolute Gasteiger partial charge is 0.279 e. The number of allylic oxidation sites excluding steroid dienone is 1. The van der Waals surface area contributed by atoms with Crippen molar-refractivity contribution in [1.82, 2.24) is 4.57 Å². The molecule has 2 aromatic carbocycles. The summed E-state index contributed by atoms with van der Waals surface area (Å²) >= 11 is 1.48. The average Bonchev–Trinajstić information content (AvgIpc) is 2.92. The van der Waals surface area contributed by atoms with Crippen LogP contribution in [0.25, 0.3) is 10.2 Å². The normalized spacial score (nSPS) is 11.7. The van der Waals surface area contributed by atoms with Gasteiger partial charge in [-0.15, -0.1) is 6.58 Å². The van der Waals surface area contributed by atoms with E-state index in [0.29, 0.717) is 23.5 Å². The van der Waals surface area contributed by atoms with Crippen molar-refractivity contribution in [2.45, 2.75) is 20.4 Å². The van der Waals surface area contributed by atoms with Crippen molar-refractivity contribution in [2.24, 2.45) is 4.99 Å². The van der Waals surface area contributed by atoms with Gasteiger partial charge < -0.3 is 9.30 Å². The molecule has 0 aliphatic heterocycles. The second-order valence-corrected chi connectivity index (χ2v) is 6.59. The first-order valence-corrected chi connectivity index (χ1v) is 8.97. The van der Waals surface area contributed by atoms with Crippen LogP contribution in [0.2, 0.25) is 0 Å². The first-order chi connectivity index (χ1) is 12.1. The lowest BCUT2D eigenvalue weighted by molar-refractivity contribution is 0.0997. The molecule has 4 nitrogen and oxygen atoms in total. The van der Waals surface area contributed by atoms with Crippen LogP contribution >= 0.6 is 11.3 Å². The van der Waals surface area contributed by atoms with Crippen LogP contribution in [0.3, 0.4) is 0 Å². The van der Waals surface area contributed by atoms with Crippen LogP contribution in [-0.4, -0.2) is 17.1 Å². The van der Waals surface area contributed by atoms with Crippen LogP contribution in [0.4, 0.5) is 0 Å². The van der Waals surface area contributed by atoms with E-state index in [9.17, 15) is 4.79 Å². The fourth-order valence-corrected chi connectivity index (χ4v) is 3.73. The Balaban J connectivity index is 2.13. The number of ether oxygens (including phenoxy) is 1. The minimum atomic E-state index is -0.229. The summed E-state index contributed by atoms with van der Waals surface area (Å²) in [5.74, 6) is 0.589. The van der Waals surface area contributed by atoms with Crippen LogP contribution < -0.4 is 9.54 Å². The Labute approximate surface area is 150 Å². The first kappa shape index (κ1) is 17.2. The van der Waals surface area contributed by atoms with Crippen molar-refractivity contribution in [3.05, 3.63) is 71.0 Å². The molecular formula is C20H20N2O2S. The molecule has 0 atom stereocenters. The highest BCUT2D eigenvalue weighted by molar-refractivity contribution is 7.16. The standard InChI is InChI=1S/C20H20N2O2S/c1-4-12-22-17-11-10-15(24-5-2)13-18(17)25-20(22)21-19(23)16-9-7-6-8-14(16)3/h4,6-11,13H,1,5,12H2,2-3H3. The number of carbonyl (C=O) groups is 1. The molecule has 25 heavy (non-hydrogen) atoms. The maximum atomic E-state index is 12.6. The number of thiazole rings is 1. The molecular weight excluding hydrogens is 332 g/mol. The van der Waals surface area contributed by atoms with E-state index in [1.165, 1.54) is 11.3 Å². The van der Waals surface area contributed by atoms with Crippen molar-refractivity contribution in [3.8, 4) is 5.75 Å². The summed E-state index contributed by atoms with van der Waals surface area (Å²) in [5.41, 5.74) is 2.57. The van der Waals surface area contributed by atoms with E-state index in [2.05, 4.69) is 11.6 Å². The van der Waals surface area contributed by atoms with Gasteiger partial charge in [0.25, 0.3) is 5.91 Å². The Hall–Kier alpha value is -2.66. The number of hydrogen-bond acceptors (Lipinski definition) is 3. The van der Waals surface area contributed by atoms with E-state index in [1.54, 1.807) is 12.1 Å². The van der Waals surface area contributed by atoms with Crippen molar-refractivity contribution in [2.75, 3.05) is 6.61 Å². The Morgan fingerprint density at radius 3 is 2.84 bits per heavy atom. The minimum absolute atomic E-state index is 0.229. The lowest BCUT2D eigenvalue weighted by Gasteiger charge is -2.04. The highest BCUT2D eigenvalue weighted by atomic mass is 32.1. The zero-order valence-corrected chi connectivity index (χ0v) is 15.2. The third-order valence-electron chi connectivity index (χ3n) is 3.85. The first-order valence-electron chi connectivity index (χ1n) is 8.15. The van der Waals surface area contributed by atoms with Crippen LogP contribution in [0, 0.1) is 6.92 Å². The number of nitrogens with zero attached hydrogens (tertiary/aromatic N) is 2. The summed E-state index contributed by atoms with van der Waals surface area (Å²) in [6, 6.07) is 13.4. The molecule has 0 N–H and O–H groups in total. The van der Waals surface area contributed by atoms with E-state index < -0.39 is 0 Å². The van der Waals surface area contributed by atoms with Crippen LogP contribution in [0.1, 0.15) is 22.8 Å². The molecule has 0 unspecified atom stereocenters. The van der Waals surface area contributed by atoms with Crippen LogP contribution in [-0.2, 0) is 6.54 Å². The summed E-state index contributed by atoms with van der Waals surface area (Å²) in [7, 11) is 0. The van der Waals surface area contributed by atoms with Gasteiger partial charge in [0.1, 0.15) is 5.75 Å². The molecule has 3 rings (SSSR count). The molecule has 0 saturated carbocycles. The fraction of sp³-hybridized carbons (Fsp3) is 0.200. The van der Waals surface area contributed by atoms with Gasteiger partial charge in [0.05, 0.1) is 16.8 Å². The van der Waals surface area contributed by atoms with Gasteiger partial charge in [-0.3, -0.25) is 4.79 Å². The van der Waals surface area contributed by atoms with Crippen molar-refractivity contribution < 1.29 is 9.53 Å². The second-order valence-electron chi connectivity index (χ2n) is 5.58. The molecule has 0 aliphatic carbocycles. The largest absolute Gasteiger partial charge is 0.494 e. The lowest BCUT2D eigenvalue weighted by Crippen LogP contribution is -2.16. The van der Waals surface area contributed by atoms with Crippen LogP contribution in [0.15, 0.2) is 60.1 Å². The SMILES string of the molecule is C=CCn1c(=NC(=O)c2ccccc2C)sc2cc(OCC)ccc21. The van der Waals surface area contributed by atoms with Gasteiger partial charge in [-0.2, -0.15) is 4.99 Å². The number of hydrogen-bond donors (Lipinski definition) is 0. The van der Waals surface area contributed by atoms with Gasteiger partial charge in [-0.05, 0) is 43.7 Å². The monoisotopic (exact) mass is 352 g/mol. The van der Waals surface area contributed by atoms with Crippen molar-refractivity contribution in [1.29, 1.82) is 0 Å². The third-order valence-corrected chi connectivity index (χ3v) is 4.89. The zero-order chi connectivity index (χ0) is 17.8. The highest BCUT2D eigenvalue weighted by Gasteiger charge is 2.11. The number of carbonyl (C=O) groups excluding carboxylic acids is 1. The van der Waals surface area contributed by atoms with Gasteiger partial charge >= 0.3 is 0 Å². The summed E-state index contributed by atoms with van der Waals surface area (Å²) in [4.78, 5) is 17.7. The Bertz CT molecular complexity index is 998. The van der Waals surface area contributed by atoms with Gasteiger partial charge in [-0.25, -0.2) is 0 Å². The van der Waals surface area contributed by atoms with E-state index in [1.807, 2.05) is 54.8 Å². The number of aromatic nitrogens is 1.